The number of urea groups is 1. The van der Waals surface area contributed by atoms with Crippen molar-refractivity contribution in [2.24, 2.45) is 7.05 Å². The van der Waals surface area contributed by atoms with Crippen LogP contribution in [0.2, 0.25) is 0 Å². The molecule has 7 nitrogen and oxygen atoms in total. The number of carbonyl (C=O) groups excluding carboxylic acids is 1. The lowest BCUT2D eigenvalue weighted by Crippen LogP contribution is -2.39. The molecular formula is C18H16F2N6O. The molecule has 2 aromatic heterocycles. The molecule has 3 aromatic rings. The Kier molecular flexibility index (Phi) is 4.27. The molecule has 2 amide bonds. The predicted octanol–water partition coefficient (Wildman–Crippen LogP) is 2.75. The fourth-order valence-corrected chi connectivity index (χ4v) is 3.12. The van der Waals surface area contributed by atoms with Crippen molar-refractivity contribution in [3.63, 3.8) is 0 Å². The summed E-state index contributed by atoms with van der Waals surface area (Å²) in [4.78, 5) is 13.9. The van der Waals surface area contributed by atoms with Crippen LogP contribution in [0.25, 0.3) is 11.4 Å². The van der Waals surface area contributed by atoms with Crippen LogP contribution in [0.1, 0.15) is 11.1 Å². The molecule has 0 saturated heterocycles. The van der Waals surface area contributed by atoms with E-state index in [1.54, 1.807) is 36.1 Å². The molecule has 1 aromatic carbocycles. The summed E-state index contributed by atoms with van der Waals surface area (Å²) in [6, 6.07) is 6.92. The maximum atomic E-state index is 14.0. The predicted molar refractivity (Wildman–Crippen MR) is 93.7 cm³/mol. The second-order valence-electron chi connectivity index (χ2n) is 6.23. The van der Waals surface area contributed by atoms with Gasteiger partial charge in [-0.25, -0.2) is 13.6 Å². The molecular weight excluding hydrogens is 354 g/mol. The number of nitrogens with one attached hydrogen (secondary N) is 1. The maximum Gasteiger partial charge on any atom is 0.323 e. The van der Waals surface area contributed by atoms with Crippen molar-refractivity contribution in [1.29, 1.82) is 0 Å². The van der Waals surface area contributed by atoms with Gasteiger partial charge >= 0.3 is 6.03 Å². The van der Waals surface area contributed by atoms with E-state index < -0.39 is 17.7 Å². The zero-order chi connectivity index (χ0) is 19.0. The normalized spacial score (nSPS) is 13.4. The van der Waals surface area contributed by atoms with E-state index in [1.807, 2.05) is 0 Å². The van der Waals surface area contributed by atoms with Crippen molar-refractivity contribution >= 4 is 11.8 Å². The van der Waals surface area contributed by atoms with Crippen molar-refractivity contribution < 1.29 is 13.6 Å². The second kappa shape index (κ2) is 6.75. The van der Waals surface area contributed by atoms with Gasteiger partial charge in [0.15, 0.2) is 5.82 Å². The first-order valence-electron chi connectivity index (χ1n) is 8.36. The van der Waals surface area contributed by atoms with E-state index >= 15 is 0 Å². The van der Waals surface area contributed by atoms with Crippen molar-refractivity contribution in [3.05, 3.63) is 59.3 Å². The number of aromatic nitrogens is 4. The van der Waals surface area contributed by atoms with Crippen LogP contribution in [-0.2, 0) is 20.0 Å². The van der Waals surface area contributed by atoms with Gasteiger partial charge in [0, 0.05) is 25.4 Å². The van der Waals surface area contributed by atoms with Crippen LogP contribution in [0.3, 0.4) is 0 Å². The van der Waals surface area contributed by atoms with Gasteiger partial charge in [-0.05, 0) is 42.3 Å². The summed E-state index contributed by atoms with van der Waals surface area (Å²) in [5, 5.41) is 14.8. The molecule has 0 atom stereocenters. The van der Waals surface area contributed by atoms with Crippen LogP contribution < -0.4 is 5.32 Å². The minimum atomic E-state index is -0.510. The smallest absolute Gasteiger partial charge is 0.320 e. The third kappa shape index (κ3) is 3.23. The topological polar surface area (TPSA) is 75.9 Å². The fraction of sp³-hybridized carbons (Fsp3) is 0.222. The Morgan fingerprint density at radius 2 is 1.85 bits per heavy atom. The number of carbonyl (C=O) groups is 1. The first-order chi connectivity index (χ1) is 13.0. The number of fused-ring (bicyclic) bond motifs is 1. The highest BCUT2D eigenvalue weighted by molar-refractivity contribution is 5.88. The molecule has 0 aliphatic carbocycles. The number of nitrogens with zero attached hydrogens (tertiary/aromatic N) is 5. The number of rotatable bonds is 2. The average Bonchev–Trinajstić information content (AvgIpc) is 3.11. The van der Waals surface area contributed by atoms with Gasteiger partial charge in [0.05, 0.1) is 12.2 Å². The van der Waals surface area contributed by atoms with E-state index in [-0.39, 0.29) is 24.3 Å². The molecule has 0 saturated carbocycles. The zero-order valence-corrected chi connectivity index (χ0v) is 14.5. The monoisotopic (exact) mass is 370 g/mol. The molecule has 0 unspecified atom stereocenters. The lowest BCUT2D eigenvalue weighted by Gasteiger charge is -2.29. The maximum absolute atomic E-state index is 14.0. The molecule has 0 bridgehead atoms. The van der Waals surface area contributed by atoms with Crippen molar-refractivity contribution in [3.8, 4) is 11.4 Å². The first kappa shape index (κ1) is 17.1. The lowest BCUT2D eigenvalue weighted by molar-refractivity contribution is 0.204. The van der Waals surface area contributed by atoms with Gasteiger partial charge in [0.2, 0.25) is 0 Å². The summed E-state index contributed by atoms with van der Waals surface area (Å²) in [6.07, 6.45) is 1.92. The van der Waals surface area contributed by atoms with Crippen LogP contribution in [-0.4, -0.2) is 37.5 Å². The summed E-state index contributed by atoms with van der Waals surface area (Å²) in [6.45, 7) is 0.297. The lowest BCUT2D eigenvalue weighted by atomic mass is 9.99. The summed E-state index contributed by atoms with van der Waals surface area (Å²) in [5.74, 6) is -0.677. The van der Waals surface area contributed by atoms with E-state index in [2.05, 4.69) is 20.6 Å². The van der Waals surface area contributed by atoms with Crippen LogP contribution in [0, 0.1) is 11.6 Å². The van der Waals surface area contributed by atoms with E-state index in [1.165, 1.54) is 4.90 Å². The molecule has 138 valence electrons. The van der Waals surface area contributed by atoms with E-state index in [0.29, 0.717) is 17.8 Å². The highest BCUT2D eigenvalue weighted by Gasteiger charge is 2.25. The molecule has 27 heavy (non-hydrogen) atoms. The van der Waals surface area contributed by atoms with E-state index in [9.17, 15) is 13.6 Å². The Labute approximate surface area is 153 Å². The van der Waals surface area contributed by atoms with E-state index in [4.69, 9.17) is 0 Å². The van der Waals surface area contributed by atoms with Crippen molar-refractivity contribution in [2.75, 3.05) is 11.9 Å². The Bertz CT molecular complexity index is 1000. The summed E-state index contributed by atoms with van der Waals surface area (Å²) >= 11 is 0. The molecule has 0 radical (unpaired) electrons. The molecule has 3 heterocycles. The quantitative estimate of drug-likeness (QED) is 0.753. The summed E-state index contributed by atoms with van der Waals surface area (Å²) < 4.78 is 29.4. The highest BCUT2D eigenvalue weighted by Crippen LogP contribution is 2.25. The Morgan fingerprint density at radius 1 is 1.07 bits per heavy atom. The Hall–Kier alpha value is -3.36. The average molecular weight is 370 g/mol. The van der Waals surface area contributed by atoms with Crippen LogP contribution in [0.15, 0.2) is 36.5 Å². The number of aryl methyl sites for hydroxylation is 1. The number of hydrogen-bond donors (Lipinski definition) is 1. The highest BCUT2D eigenvalue weighted by atomic mass is 19.1. The number of benzene rings is 1. The SMILES string of the molecule is Cn1nccc1-c1ccc(NC(=O)N2CCc3c(F)ccc(F)c3C2)nn1. The van der Waals surface area contributed by atoms with Crippen molar-refractivity contribution in [1.82, 2.24) is 24.9 Å². The molecule has 0 spiro atoms. The number of anilines is 1. The van der Waals surface area contributed by atoms with Crippen molar-refractivity contribution in [2.45, 2.75) is 13.0 Å². The Balaban J connectivity index is 1.47. The van der Waals surface area contributed by atoms with Gasteiger partial charge in [0.1, 0.15) is 17.3 Å². The first-order valence-corrected chi connectivity index (χ1v) is 8.36. The van der Waals surface area contributed by atoms with Gasteiger partial charge in [-0.15, -0.1) is 10.2 Å². The van der Waals surface area contributed by atoms with E-state index in [0.717, 1.165) is 17.8 Å². The minimum absolute atomic E-state index is 0.00525. The van der Waals surface area contributed by atoms with Crippen LogP contribution >= 0.6 is 0 Å². The molecule has 1 aliphatic heterocycles. The van der Waals surface area contributed by atoms with Gasteiger partial charge in [0.25, 0.3) is 0 Å². The van der Waals surface area contributed by atoms with Gasteiger partial charge < -0.3 is 4.90 Å². The third-order valence-corrected chi connectivity index (χ3v) is 4.57. The fourth-order valence-electron chi connectivity index (χ4n) is 3.12. The van der Waals surface area contributed by atoms with Crippen LogP contribution in [0.4, 0.5) is 19.4 Å². The molecule has 1 N–H and O–H groups in total. The number of amides is 2. The van der Waals surface area contributed by atoms with Gasteiger partial charge in [-0.2, -0.15) is 5.10 Å². The largest absolute Gasteiger partial charge is 0.323 e. The molecule has 9 heteroatoms. The molecule has 0 fully saturated rings. The third-order valence-electron chi connectivity index (χ3n) is 4.57. The second-order valence-corrected chi connectivity index (χ2v) is 6.23. The minimum Gasteiger partial charge on any atom is -0.320 e. The van der Waals surface area contributed by atoms with Gasteiger partial charge in [-0.1, -0.05) is 0 Å². The molecule has 1 aliphatic rings. The summed E-state index contributed by atoms with van der Waals surface area (Å²) in [5.41, 5.74) is 1.97. The summed E-state index contributed by atoms with van der Waals surface area (Å²) in [7, 11) is 1.79. The molecule has 4 rings (SSSR count). The standard InChI is InChI=1S/C18H16F2N6O/c1-25-16(6-8-21-25)15-4-5-17(24-23-15)22-18(27)26-9-7-11-12(10-26)14(20)3-2-13(11)19/h2-6,8H,7,9-10H2,1H3,(H,22,24,27). The van der Waals surface area contributed by atoms with Crippen LogP contribution in [0.5, 0.6) is 0 Å². The zero-order valence-electron chi connectivity index (χ0n) is 14.5. The van der Waals surface area contributed by atoms with Gasteiger partial charge in [-0.3, -0.25) is 10.00 Å². The number of halogens is 2. The Morgan fingerprint density at radius 3 is 2.52 bits per heavy atom. The number of hydrogen-bond acceptors (Lipinski definition) is 4.